The van der Waals surface area contributed by atoms with Gasteiger partial charge in [-0.05, 0) is 74.1 Å². The summed E-state index contributed by atoms with van der Waals surface area (Å²) in [6, 6.07) is 26.2. The molecule has 0 bridgehead atoms. The van der Waals surface area contributed by atoms with Crippen LogP contribution in [0.2, 0.25) is 0 Å². The molecule has 3 aromatic rings. The van der Waals surface area contributed by atoms with Crippen LogP contribution >= 0.6 is 0 Å². The van der Waals surface area contributed by atoms with Crippen LogP contribution in [0.4, 0.5) is 5.69 Å². The Hall–Kier alpha value is -4.32. The molecule has 1 heterocycles. The number of nitrogens with one attached hydrogen (secondary N) is 1. The van der Waals surface area contributed by atoms with E-state index in [4.69, 9.17) is 9.47 Å². The highest BCUT2D eigenvalue weighted by atomic mass is 16.5. The molecule has 1 N–H and O–H groups in total. The lowest BCUT2D eigenvalue weighted by atomic mass is 9.71. The van der Waals surface area contributed by atoms with E-state index in [1.165, 1.54) is 0 Å². The lowest BCUT2D eigenvalue weighted by Gasteiger charge is -2.37. The van der Waals surface area contributed by atoms with E-state index in [2.05, 4.69) is 48.3 Å². The minimum atomic E-state index is -0.486. The highest BCUT2D eigenvalue weighted by Crippen LogP contribution is 2.46. The summed E-state index contributed by atoms with van der Waals surface area (Å²) in [5.74, 6) is 0.0296. The fourth-order valence-electron chi connectivity index (χ4n) is 6.21. The Labute approximate surface area is 249 Å². The van der Waals surface area contributed by atoms with E-state index >= 15 is 0 Å². The number of dihydropyridines is 1. The van der Waals surface area contributed by atoms with Gasteiger partial charge in [-0.2, -0.15) is 0 Å². The molecule has 0 aromatic heterocycles. The second-order valence-corrected chi connectivity index (χ2v) is 10.9. The van der Waals surface area contributed by atoms with Crippen LogP contribution < -0.4 is 15.0 Å². The molecule has 0 amide bonds. The average Bonchev–Trinajstić information content (AvgIpc) is 3.01. The molecule has 0 saturated carbocycles. The Morgan fingerprint density at radius 1 is 0.905 bits per heavy atom. The molecule has 0 fully saturated rings. The molecule has 2 atom stereocenters. The maximum atomic E-state index is 14.0. The number of benzene rings is 3. The van der Waals surface area contributed by atoms with Crippen molar-refractivity contribution in [1.82, 2.24) is 5.32 Å². The minimum Gasteiger partial charge on any atom is -0.497 e. The Morgan fingerprint density at radius 2 is 1.57 bits per heavy atom. The first-order chi connectivity index (χ1) is 20.4. The first kappa shape index (κ1) is 29.2. The number of anilines is 1. The molecule has 3 aromatic carbocycles. The van der Waals surface area contributed by atoms with Gasteiger partial charge in [0, 0.05) is 54.5 Å². The number of methoxy groups -OCH3 is 1. The topological polar surface area (TPSA) is 67.9 Å². The maximum absolute atomic E-state index is 14.0. The van der Waals surface area contributed by atoms with Gasteiger partial charge in [0.2, 0.25) is 0 Å². The van der Waals surface area contributed by atoms with Crippen LogP contribution in [0.15, 0.2) is 101 Å². The molecule has 2 aliphatic rings. The van der Waals surface area contributed by atoms with Crippen LogP contribution in [0.3, 0.4) is 0 Å². The highest BCUT2D eigenvalue weighted by Gasteiger charge is 2.41. The van der Waals surface area contributed by atoms with Gasteiger partial charge in [0.25, 0.3) is 0 Å². The van der Waals surface area contributed by atoms with Crippen molar-refractivity contribution >= 4 is 17.4 Å². The lowest BCUT2D eigenvalue weighted by molar-refractivity contribution is -0.139. The summed E-state index contributed by atoms with van der Waals surface area (Å²) in [5.41, 5.74) is 7.07. The van der Waals surface area contributed by atoms with Crippen molar-refractivity contribution in [2.75, 3.05) is 31.7 Å². The second kappa shape index (κ2) is 13.1. The van der Waals surface area contributed by atoms with E-state index < -0.39 is 5.92 Å². The SMILES string of the molecule is CCN(CC)c1ccc(C2C(C(=O)OCCc3ccccc3)=C(C)NC3=C2C(=O)CC(c2ccc(OC)cc2)C3)cc1. The largest absolute Gasteiger partial charge is 0.497 e. The average molecular weight is 565 g/mol. The Bertz CT molecular complexity index is 1470. The van der Waals surface area contributed by atoms with Gasteiger partial charge in [-0.25, -0.2) is 4.79 Å². The lowest BCUT2D eigenvalue weighted by Crippen LogP contribution is -2.36. The van der Waals surface area contributed by atoms with Crippen LogP contribution in [0.1, 0.15) is 62.1 Å². The number of allylic oxidation sites excluding steroid dienone is 3. The molecular formula is C36H40N2O4. The highest BCUT2D eigenvalue weighted by molar-refractivity contribution is 6.04. The number of nitrogens with zero attached hydrogens (tertiary/aromatic N) is 1. The Morgan fingerprint density at radius 3 is 2.21 bits per heavy atom. The van der Waals surface area contributed by atoms with Crippen LogP contribution in [-0.4, -0.2) is 38.6 Å². The van der Waals surface area contributed by atoms with Gasteiger partial charge < -0.3 is 19.7 Å². The van der Waals surface area contributed by atoms with Crippen LogP contribution in [-0.2, 0) is 20.7 Å². The summed E-state index contributed by atoms with van der Waals surface area (Å²) in [6.07, 6.45) is 1.71. The van der Waals surface area contributed by atoms with E-state index in [1.807, 2.05) is 61.5 Å². The van der Waals surface area contributed by atoms with Crippen molar-refractivity contribution in [3.8, 4) is 5.75 Å². The fourth-order valence-corrected chi connectivity index (χ4v) is 6.21. The van der Waals surface area contributed by atoms with Crippen LogP contribution in [0, 0.1) is 0 Å². The quantitative estimate of drug-likeness (QED) is 0.277. The van der Waals surface area contributed by atoms with E-state index in [-0.39, 0.29) is 24.3 Å². The number of hydrogen-bond donors (Lipinski definition) is 1. The summed E-state index contributed by atoms with van der Waals surface area (Å²) in [7, 11) is 1.65. The van der Waals surface area contributed by atoms with Crippen molar-refractivity contribution in [2.24, 2.45) is 0 Å². The van der Waals surface area contributed by atoms with Gasteiger partial charge >= 0.3 is 5.97 Å². The third-order valence-corrected chi connectivity index (χ3v) is 8.46. The van der Waals surface area contributed by atoms with E-state index in [0.717, 1.165) is 52.6 Å². The van der Waals surface area contributed by atoms with Crippen molar-refractivity contribution in [3.05, 3.63) is 118 Å². The molecule has 0 saturated heterocycles. The summed E-state index contributed by atoms with van der Waals surface area (Å²) < 4.78 is 11.2. The van der Waals surface area contributed by atoms with Gasteiger partial charge in [0.05, 0.1) is 19.3 Å². The maximum Gasteiger partial charge on any atom is 0.336 e. The smallest absolute Gasteiger partial charge is 0.336 e. The van der Waals surface area contributed by atoms with E-state index in [0.29, 0.717) is 30.4 Å². The molecule has 0 spiro atoms. The van der Waals surface area contributed by atoms with Gasteiger partial charge in [0.1, 0.15) is 5.75 Å². The van der Waals surface area contributed by atoms with Crippen molar-refractivity contribution in [1.29, 1.82) is 0 Å². The first-order valence-corrected chi connectivity index (χ1v) is 14.9. The van der Waals surface area contributed by atoms with Crippen molar-refractivity contribution < 1.29 is 19.1 Å². The summed E-state index contributed by atoms with van der Waals surface area (Å²) >= 11 is 0. The van der Waals surface area contributed by atoms with Gasteiger partial charge in [-0.15, -0.1) is 0 Å². The number of ether oxygens (including phenoxy) is 2. The molecule has 1 aliphatic heterocycles. The monoisotopic (exact) mass is 564 g/mol. The fraction of sp³-hybridized carbons (Fsp3) is 0.333. The number of carbonyl (C=O) groups is 2. The zero-order valence-electron chi connectivity index (χ0n) is 25.0. The van der Waals surface area contributed by atoms with Gasteiger partial charge in [0.15, 0.2) is 5.78 Å². The predicted molar refractivity (Wildman–Crippen MR) is 167 cm³/mol. The first-order valence-electron chi connectivity index (χ1n) is 14.9. The van der Waals surface area contributed by atoms with Crippen molar-refractivity contribution in [3.63, 3.8) is 0 Å². The molecule has 6 nitrogen and oxygen atoms in total. The number of hydrogen-bond acceptors (Lipinski definition) is 6. The second-order valence-electron chi connectivity index (χ2n) is 10.9. The minimum absolute atomic E-state index is 0.0486. The van der Waals surface area contributed by atoms with E-state index in [9.17, 15) is 9.59 Å². The van der Waals surface area contributed by atoms with Crippen LogP contribution in [0.5, 0.6) is 5.75 Å². The molecule has 1 aliphatic carbocycles. The van der Waals surface area contributed by atoms with Gasteiger partial charge in [-0.3, -0.25) is 4.79 Å². The summed E-state index contributed by atoms with van der Waals surface area (Å²) in [4.78, 5) is 29.9. The van der Waals surface area contributed by atoms with Gasteiger partial charge in [-0.1, -0.05) is 54.6 Å². The summed E-state index contributed by atoms with van der Waals surface area (Å²) in [5, 5.41) is 3.46. The molecule has 2 unspecified atom stereocenters. The Kier molecular flexibility index (Phi) is 9.11. The molecule has 218 valence electrons. The molecule has 6 heteroatoms. The predicted octanol–water partition coefficient (Wildman–Crippen LogP) is 6.69. The van der Waals surface area contributed by atoms with E-state index in [1.54, 1.807) is 7.11 Å². The third kappa shape index (κ3) is 6.13. The number of ketones is 1. The number of esters is 1. The Balaban J connectivity index is 1.47. The zero-order chi connectivity index (χ0) is 29.6. The van der Waals surface area contributed by atoms with Crippen molar-refractivity contribution in [2.45, 2.75) is 51.9 Å². The number of carbonyl (C=O) groups excluding carboxylic acids is 2. The normalized spacial score (nSPS) is 18.3. The molecular weight excluding hydrogens is 524 g/mol. The molecule has 5 rings (SSSR count). The zero-order valence-corrected chi connectivity index (χ0v) is 25.0. The standard InChI is InChI=1S/C36H40N2O4/c1-5-38(6-2)29-16-12-27(13-17-29)34-33(36(40)42-21-20-25-10-8-7-9-11-25)24(3)37-31-22-28(23-32(39)35(31)34)26-14-18-30(41-4)19-15-26/h7-19,28,34,37H,5-6,20-23H2,1-4H3. The summed E-state index contributed by atoms with van der Waals surface area (Å²) in [6.45, 7) is 8.26. The molecule has 0 radical (unpaired) electrons. The number of Topliss-reactive ketones (excluding diaryl/α,β-unsaturated/α-hetero) is 1. The third-order valence-electron chi connectivity index (χ3n) is 8.46. The number of rotatable bonds is 10. The van der Waals surface area contributed by atoms with Crippen LogP contribution in [0.25, 0.3) is 0 Å². The molecule has 42 heavy (non-hydrogen) atoms.